The molecule has 0 radical (unpaired) electrons. The molecule has 1 aliphatic rings. The van der Waals surface area contributed by atoms with E-state index in [9.17, 15) is 4.79 Å². The van der Waals surface area contributed by atoms with E-state index in [1.54, 1.807) is 10.8 Å². The first kappa shape index (κ1) is 12.6. The SMILES string of the molecule is C=CCc1nnn2c1CNC(=O)[C@@H]2Cc1ccccc1. The van der Waals surface area contributed by atoms with E-state index < -0.39 is 0 Å². The molecule has 5 heteroatoms. The number of allylic oxidation sites excluding steroid dienone is 1. The van der Waals surface area contributed by atoms with Crippen LogP contribution in [0.3, 0.4) is 0 Å². The van der Waals surface area contributed by atoms with Crippen molar-refractivity contribution in [2.24, 2.45) is 0 Å². The average molecular weight is 268 g/mol. The molecular formula is C15H16N4O. The molecule has 0 unspecified atom stereocenters. The number of rotatable bonds is 4. The quantitative estimate of drug-likeness (QED) is 0.853. The van der Waals surface area contributed by atoms with Crippen LogP contribution in [0.2, 0.25) is 0 Å². The Morgan fingerprint density at radius 2 is 2.20 bits per heavy atom. The lowest BCUT2D eigenvalue weighted by atomic mass is 10.0. The van der Waals surface area contributed by atoms with Crippen molar-refractivity contribution < 1.29 is 4.79 Å². The van der Waals surface area contributed by atoms with Gasteiger partial charge in [0.05, 0.1) is 17.9 Å². The van der Waals surface area contributed by atoms with Gasteiger partial charge in [-0.2, -0.15) is 0 Å². The zero-order valence-electron chi connectivity index (χ0n) is 11.1. The van der Waals surface area contributed by atoms with E-state index in [-0.39, 0.29) is 11.9 Å². The second kappa shape index (κ2) is 5.28. The van der Waals surface area contributed by atoms with Gasteiger partial charge in [-0.05, 0) is 5.56 Å². The van der Waals surface area contributed by atoms with Gasteiger partial charge < -0.3 is 5.32 Å². The Kier molecular flexibility index (Phi) is 3.33. The molecular weight excluding hydrogens is 252 g/mol. The number of fused-ring (bicyclic) bond motifs is 1. The summed E-state index contributed by atoms with van der Waals surface area (Å²) in [5.41, 5.74) is 2.98. The number of nitrogens with zero attached hydrogens (tertiary/aromatic N) is 3. The van der Waals surface area contributed by atoms with Crippen molar-refractivity contribution in [2.45, 2.75) is 25.4 Å². The van der Waals surface area contributed by atoms with Gasteiger partial charge in [0.15, 0.2) is 0 Å². The van der Waals surface area contributed by atoms with Crippen molar-refractivity contribution in [1.82, 2.24) is 20.3 Å². The molecule has 5 nitrogen and oxygen atoms in total. The molecule has 2 aromatic rings. The minimum atomic E-state index is -0.327. The van der Waals surface area contributed by atoms with Gasteiger partial charge in [0.2, 0.25) is 5.91 Å². The standard InChI is InChI=1S/C15H16N4O/c1-2-6-12-14-10-16-15(20)13(19(14)18-17-12)9-11-7-4-3-5-8-11/h2-5,7-8,13H,1,6,9-10H2,(H,16,20)/t13-/m0/s1. The van der Waals surface area contributed by atoms with Crippen molar-refractivity contribution in [2.75, 3.05) is 0 Å². The van der Waals surface area contributed by atoms with Crippen molar-refractivity contribution in [3.05, 3.63) is 59.9 Å². The van der Waals surface area contributed by atoms with Gasteiger partial charge >= 0.3 is 0 Å². The summed E-state index contributed by atoms with van der Waals surface area (Å²) in [5.74, 6) is -0.00333. The van der Waals surface area contributed by atoms with Gasteiger partial charge in [0.25, 0.3) is 0 Å². The number of benzene rings is 1. The van der Waals surface area contributed by atoms with Crippen LogP contribution in [0, 0.1) is 0 Å². The van der Waals surface area contributed by atoms with Crippen LogP contribution < -0.4 is 5.32 Å². The number of carbonyl (C=O) groups excluding carboxylic acids is 1. The predicted octanol–water partition coefficient (Wildman–Crippen LogP) is 1.42. The minimum absolute atomic E-state index is 0.00333. The van der Waals surface area contributed by atoms with Crippen LogP contribution in [0.4, 0.5) is 0 Å². The van der Waals surface area contributed by atoms with Crippen LogP contribution in [-0.4, -0.2) is 20.9 Å². The highest BCUT2D eigenvalue weighted by Crippen LogP contribution is 2.21. The monoisotopic (exact) mass is 268 g/mol. The van der Waals surface area contributed by atoms with Gasteiger partial charge in [-0.15, -0.1) is 11.7 Å². The Balaban J connectivity index is 1.92. The first-order chi connectivity index (χ1) is 9.79. The lowest BCUT2D eigenvalue weighted by molar-refractivity contribution is -0.125. The van der Waals surface area contributed by atoms with Gasteiger partial charge in [-0.25, -0.2) is 4.68 Å². The zero-order valence-corrected chi connectivity index (χ0v) is 11.1. The minimum Gasteiger partial charge on any atom is -0.349 e. The molecule has 1 N–H and O–H groups in total. The summed E-state index contributed by atoms with van der Waals surface area (Å²) in [6.45, 7) is 4.21. The summed E-state index contributed by atoms with van der Waals surface area (Å²) in [7, 11) is 0. The summed E-state index contributed by atoms with van der Waals surface area (Å²) in [6.07, 6.45) is 3.09. The van der Waals surface area contributed by atoms with Gasteiger partial charge in [-0.3, -0.25) is 4.79 Å². The van der Waals surface area contributed by atoms with Crippen LogP contribution in [0.1, 0.15) is 23.0 Å². The molecule has 0 aliphatic carbocycles. The molecule has 3 rings (SSSR count). The molecule has 1 aromatic carbocycles. The first-order valence-corrected chi connectivity index (χ1v) is 6.65. The zero-order chi connectivity index (χ0) is 13.9. The highest BCUT2D eigenvalue weighted by Gasteiger charge is 2.30. The summed E-state index contributed by atoms with van der Waals surface area (Å²) in [4.78, 5) is 12.1. The lowest BCUT2D eigenvalue weighted by Gasteiger charge is -2.24. The maximum absolute atomic E-state index is 12.1. The molecule has 1 amide bonds. The molecule has 0 saturated carbocycles. The largest absolute Gasteiger partial charge is 0.349 e. The lowest BCUT2D eigenvalue weighted by Crippen LogP contribution is -2.40. The first-order valence-electron chi connectivity index (χ1n) is 6.65. The average Bonchev–Trinajstić information content (AvgIpc) is 2.87. The van der Waals surface area contributed by atoms with Crippen LogP contribution in [0.25, 0.3) is 0 Å². The summed E-state index contributed by atoms with van der Waals surface area (Å²) in [5, 5.41) is 11.2. The van der Waals surface area contributed by atoms with Crippen LogP contribution in [0.15, 0.2) is 43.0 Å². The van der Waals surface area contributed by atoms with E-state index in [0.717, 1.165) is 17.0 Å². The van der Waals surface area contributed by atoms with Crippen LogP contribution in [-0.2, 0) is 24.2 Å². The fourth-order valence-electron chi connectivity index (χ4n) is 2.49. The number of hydrogen-bond acceptors (Lipinski definition) is 3. The molecule has 1 atom stereocenters. The number of amides is 1. The van der Waals surface area contributed by atoms with E-state index in [1.165, 1.54) is 0 Å². The maximum atomic E-state index is 12.1. The second-order valence-corrected chi connectivity index (χ2v) is 4.84. The summed E-state index contributed by atoms with van der Waals surface area (Å²) >= 11 is 0. The predicted molar refractivity (Wildman–Crippen MR) is 75.0 cm³/mol. The molecule has 2 heterocycles. The third-order valence-corrected chi connectivity index (χ3v) is 3.51. The molecule has 20 heavy (non-hydrogen) atoms. The molecule has 1 aromatic heterocycles. The van der Waals surface area contributed by atoms with E-state index in [1.807, 2.05) is 30.3 Å². The topological polar surface area (TPSA) is 59.8 Å². The number of nitrogens with one attached hydrogen (secondary N) is 1. The Morgan fingerprint density at radius 1 is 1.40 bits per heavy atom. The van der Waals surface area contributed by atoms with Crippen molar-refractivity contribution >= 4 is 5.91 Å². The fraction of sp³-hybridized carbons (Fsp3) is 0.267. The molecule has 0 spiro atoms. The van der Waals surface area contributed by atoms with Crippen LogP contribution >= 0.6 is 0 Å². The number of carbonyl (C=O) groups is 1. The summed E-state index contributed by atoms with van der Waals surface area (Å²) in [6, 6.07) is 9.62. The second-order valence-electron chi connectivity index (χ2n) is 4.84. The van der Waals surface area contributed by atoms with E-state index >= 15 is 0 Å². The third kappa shape index (κ3) is 2.22. The van der Waals surface area contributed by atoms with Crippen molar-refractivity contribution in [1.29, 1.82) is 0 Å². The normalized spacial score (nSPS) is 17.4. The highest BCUT2D eigenvalue weighted by molar-refractivity contribution is 5.81. The Morgan fingerprint density at radius 3 is 2.95 bits per heavy atom. The van der Waals surface area contributed by atoms with E-state index in [2.05, 4.69) is 22.2 Å². The Labute approximate surface area is 117 Å². The third-order valence-electron chi connectivity index (χ3n) is 3.51. The Bertz CT molecular complexity index is 633. The molecule has 1 aliphatic heterocycles. The Hall–Kier alpha value is -2.43. The van der Waals surface area contributed by atoms with Gasteiger partial charge in [0, 0.05) is 12.8 Å². The molecule has 0 fully saturated rings. The van der Waals surface area contributed by atoms with Gasteiger partial charge in [-0.1, -0.05) is 41.6 Å². The van der Waals surface area contributed by atoms with Crippen molar-refractivity contribution in [3.8, 4) is 0 Å². The molecule has 0 saturated heterocycles. The smallest absolute Gasteiger partial charge is 0.245 e. The van der Waals surface area contributed by atoms with Gasteiger partial charge in [0.1, 0.15) is 6.04 Å². The van der Waals surface area contributed by atoms with E-state index in [4.69, 9.17) is 0 Å². The number of hydrogen-bond donors (Lipinski definition) is 1. The fourth-order valence-corrected chi connectivity index (χ4v) is 2.49. The molecule has 102 valence electrons. The van der Waals surface area contributed by atoms with Crippen molar-refractivity contribution in [3.63, 3.8) is 0 Å². The maximum Gasteiger partial charge on any atom is 0.245 e. The van der Waals surface area contributed by atoms with Crippen LogP contribution in [0.5, 0.6) is 0 Å². The molecule has 0 bridgehead atoms. The van der Waals surface area contributed by atoms with E-state index in [0.29, 0.717) is 19.4 Å². The highest BCUT2D eigenvalue weighted by atomic mass is 16.2. The summed E-state index contributed by atoms with van der Waals surface area (Å²) < 4.78 is 1.75. The number of aromatic nitrogens is 3.